The van der Waals surface area contributed by atoms with Crippen molar-refractivity contribution in [2.75, 3.05) is 25.6 Å². The molecule has 2 aliphatic rings. The Kier molecular flexibility index (Phi) is 5.67. The third kappa shape index (κ3) is 3.55. The van der Waals surface area contributed by atoms with Crippen LogP contribution in [-0.2, 0) is 9.53 Å². The van der Waals surface area contributed by atoms with Crippen LogP contribution in [-0.4, -0.2) is 42.5 Å². The van der Waals surface area contributed by atoms with Gasteiger partial charge in [0.15, 0.2) is 0 Å². The first-order valence-electron chi connectivity index (χ1n) is 10.4. The fraction of sp³-hybridized carbons (Fsp3) is 0.417. The van der Waals surface area contributed by atoms with Crippen molar-refractivity contribution in [1.82, 2.24) is 4.90 Å². The van der Waals surface area contributed by atoms with E-state index in [0.29, 0.717) is 18.7 Å². The van der Waals surface area contributed by atoms with Crippen LogP contribution in [0.5, 0.6) is 0 Å². The summed E-state index contributed by atoms with van der Waals surface area (Å²) >= 11 is 0. The average Bonchev–Trinajstić information content (AvgIpc) is 2.75. The summed E-state index contributed by atoms with van der Waals surface area (Å²) in [6, 6.07) is 17.1. The molecule has 0 aromatic heterocycles. The number of nitrogens with one attached hydrogen (secondary N) is 1. The predicted octanol–water partition coefficient (Wildman–Crippen LogP) is 4.21. The van der Waals surface area contributed by atoms with Gasteiger partial charge in [0.1, 0.15) is 0 Å². The van der Waals surface area contributed by atoms with E-state index in [-0.39, 0.29) is 11.8 Å². The average molecular weight is 392 g/mol. The highest BCUT2D eigenvalue weighted by molar-refractivity contribution is 6.05. The molecular formula is C24H28N2O3. The van der Waals surface area contributed by atoms with Gasteiger partial charge in [-0.3, -0.25) is 9.59 Å². The van der Waals surface area contributed by atoms with E-state index in [9.17, 15) is 9.59 Å². The number of fused-ring (bicyclic) bond motifs is 1. The van der Waals surface area contributed by atoms with Gasteiger partial charge in [-0.05, 0) is 36.6 Å². The van der Waals surface area contributed by atoms with Gasteiger partial charge in [0, 0.05) is 24.9 Å². The van der Waals surface area contributed by atoms with Crippen LogP contribution in [0.1, 0.15) is 53.9 Å². The predicted molar refractivity (Wildman–Crippen MR) is 113 cm³/mol. The maximum Gasteiger partial charge on any atom is 0.254 e. The Balaban J connectivity index is 1.80. The van der Waals surface area contributed by atoms with Crippen LogP contribution in [0.2, 0.25) is 0 Å². The zero-order valence-corrected chi connectivity index (χ0v) is 16.9. The van der Waals surface area contributed by atoms with Crippen LogP contribution in [0.15, 0.2) is 54.6 Å². The number of rotatable bonds is 5. The molecule has 1 saturated carbocycles. The Morgan fingerprint density at radius 2 is 1.76 bits per heavy atom. The van der Waals surface area contributed by atoms with Gasteiger partial charge in [-0.1, -0.05) is 55.7 Å². The van der Waals surface area contributed by atoms with Crippen LogP contribution >= 0.6 is 0 Å². The Hall–Kier alpha value is -2.66. The minimum Gasteiger partial charge on any atom is -0.383 e. The number of hydrogen-bond donors (Lipinski definition) is 1. The van der Waals surface area contributed by atoms with E-state index in [1.165, 1.54) is 0 Å². The van der Waals surface area contributed by atoms with Crippen LogP contribution in [0.3, 0.4) is 0 Å². The molecule has 2 amide bonds. The first kappa shape index (κ1) is 19.6. The Morgan fingerprint density at radius 1 is 1.07 bits per heavy atom. The fourth-order valence-electron chi connectivity index (χ4n) is 5.09. The SMILES string of the molecule is COCCN1C(=O)c2ccccc2C(C(=O)Nc2ccccc2)C12CCCCC2. The van der Waals surface area contributed by atoms with Gasteiger partial charge in [0.25, 0.3) is 5.91 Å². The molecule has 2 aromatic carbocycles. The molecule has 1 heterocycles. The molecule has 1 aliphatic carbocycles. The van der Waals surface area contributed by atoms with Crippen molar-refractivity contribution in [2.24, 2.45) is 0 Å². The lowest BCUT2D eigenvalue weighted by Crippen LogP contribution is -2.62. The summed E-state index contributed by atoms with van der Waals surface area (Å²) in [4.78, 5) is 29.0. The number of carbonyl (C=O) groups excluding carboxylic acids is 2. The van der Waals surface area contributed by atoms with Crippen molar-refractivity contribution in [3.05, 3.63) is 65.7 Å². The highest BCUT2D eigenvalue weighted by Gasteiger charge is 2.54. The highest BCUT2D eigenvalue weighted by atomic mass is 16.5. The summed E-state index contributed by atoms with van der Waals surface area (Å²) in [7, 11) is 1.65. The van der Waals surface area contributed by atoms with Gasteiger partial charge in [-0.2, -0.15) is 0 Å². The van der Waals surface area contributed by atoms with Gasteiger partial charge < -0.3 is 15.0 Å². The number of hydrogen-bond acceptors (Lipinski definition) is 3. The van der Waals surface area contributed by atoms with Crippen LogP contribution in [0.4, 0.5) is 5.69 Å². The summed E-state index contributed by atoms with van der Waals surface area (Å²) in [5, 5.41) is 3.11. The molecule has 1 atom stereocenters. The molecule has 1 fully saturated rings. The Bertz CT molecular complexity index is 875. The van der Waals surface area contributed by atoms with Crippen LogP contribution < -0.4 is 5.32 Å². The van der Waals surface area contributed by atoms with E-state index in [4.69, 9.17) is 4.74 Å². The van der Waals surface area contributed by atoms with Gasteiger partial charge in [0.05, 0.1) is 18.1 Å². The number of benzene rings is 2. The van der Waals surface area contributed by atoms with Crippen LogP contribution in [0.25, 0.3) is 0 Å². The number of anilines is 1. The zero-order valence-electron chi connectivity index (χ0n) is 16.9. The highest BCUT2D eigenvalue weighted by Crippen LogP contribution is 2.49. The molecule has 0 saturated heterocycles. The first-order valence-corrected chi connectivity index (χ1v) is 10.4. The number of nitrogens with zero attached hydrogens (tertiary/aromatic N) is 1. The third-order valence-electron chi connectivity index (χ3n) is 6.36. The quantitative estimate of drug-likeness (QED) is 0.829. The van der Waals surface area contributed by atoms with E-state index in [1.54, 1.807) is 7.11 Å². The van der Waals surface area contributed by atoms with Gasteiger partial charge in [-0.15, -0.1) is 0 Å². The monoisotopic (exact) mass is 392 g/mol. The van der Waals surface area contributed by atoms with E-state index < -0.39 is 11.5 Å². The zero-order chi connectivity index (χ0) is 20.3. The first-order chi connectivity index (χ1) is 14.2. The molecule has 0 bridgehead atoms. The second kappa shape index (κ2) is 8.37. The molecule has 0 radical (unpaired) electrons. The third-order valence-corrected chi connectivity index (χ3v) is 6.36. The molecule has 29 heavy (non-hydrogen) atoms. The largest absolute Gasteiger partial charge is 0.383 e. The number of methoxy groups -OCH3 is 1. The summed E-state index contributed by atoms with van der Waals surface area (Å²) < 4.78 is 5.31. The van der Waals surface area contributed by atoms with Crippen molar-refractivity contribution in [1.29, 1.82) is 0 Å². The van der Waals surface area contributed by atoms with Gasteiger partial charge in [0.2, 0.25) is 5.91 Å². The molecule has 1 N–H and O–H groups in total. The summed E-state index contributed by atoms with van der Waals surface area (Å²) in [6.07, 6.45) is 4.86. The lowest BCUT2D eigenvalue weighted by Gasteiger charge is -2.53. The Labute approximate surface area is 172 Å². The van der Waals surface area contributed by atoms with Crippen LogP contribution in [0, 0.1) is 0 Å². The molecule has 5 nitrogen and oxygen atoms in total. The molecule has 1 spiro atoms. The van der Waals surface area contributed by atoms with Crippen molar-refractivity contribution in [3.8, 4) is 0 Å². The van der Waals surface area contributed by atoms with E-state index in [1.807, 2.05) is 59.5 Å². The van der Waals surface area contributed by atoms with E-state index >= 15 is 0 Å². The number of carbonyl (C=O) groups is 2. The van der Waals surface area contributed by atoms with Crippen molar-refractivity contribution in [2.45, 2.75) is 43.6 Å². The second-order valence-electron chi connectivity index (χ2n) is 7.99. The molecule has 1 aliphatic heterocycles. The lowest BCUT2D eigenvalue weighted by atomic mass is 9.65. The second-order valence-corrected chi connectivity index (χ2v) is 7.99. The smallest absolute Gasteiger partial charge is 0.254 e. The normalized spacial score (nSPS) is 20.4. The molecule has 1 unspecified atom stereocenters. The minimum absolute atomic E-state index is 0.0170. The van der Waals surface area contributed by atoms with Gasteiger partial charge in [-0.25, -0.2) is 0 Å². The summed E-state index contributed by atoms with van der Waals surface area (Å²) in [5.41, 5.74) is 1.76. The fourth-order valence-corrected chi connectivity index (χ4v) is 5.09. The van der Waals surface area contributed by atoms with E-state index in [2.05, 4.69) is 5.32 Å². The topological polar surface area (TPSA) is 58.6 Å². The maximum atomic E-state index is 13.6. The van der Waals surface area contributed by atoms with Gasteiger partial charge >= 0.3 is 0 Å². The van der Waals surface area contributed by atoms with Crippen molar-refractivity contribution < 1.29 is 14.3 Å². The number of ether oxygens (including phenoxy) is 1. The number of para-hydroxylation sites is 1. The van der Waals surface area contributed by atoms with E-state index in [0.717, 1.165) is 43.4 Å². The summed E-state index contributed by atoms with van der Waals surface area (Å²) in [6.45, 7) is 0.960. The van der Waals surface area contributed by atoms with Crippen molar-refractivity contribution >= 4 is 17.5 Å². The maximum absolute atomic E-state index is 13.6. The molecular weight excluding hydrogens is 364 g/mol. The number of amides is 2. The Morgan fingerprint density at radius 3 is 2.48 bits per heavy atom. The summed E-state index contributed by atoms with van der Waals surface area (Å²) in [5.74, 6) is -0.419. The molecule has 4 rings (SSSR count). The molecule has 152 valence electrons. The minimum atomic E-state index is -0.499. The van der Waals surface area contributed by atoms with Crippen molar-refractivity contribution in [3.63, 3.8) is 0 Å². The molecule has 2 aromatic rings. The standard InChI is InChI=1S/C24H28N2O3/c1-29-17-16-26-23(28)20-13-7-6-12-19(20)21(24(26)14-8-3-9-15-24)22(27)25-18-10-4-2-5-11-18/h2,4-7,10-13,21H,3,8-9,14-17H2,1H3,(H,25,27). The molecule has 5 heteroatoms. The lowest BCUT2D eigenvalue weighted by molar-refractivity contribution is -0.122.